The molecule has 0 aliphatic heterocycles. The van der Waals surface area contributed by atoms with E-state index >= 15 is 0 Å². The number of carbonyl (C=O) groups is 1. The van der Waals surface area contributed by atoms with Crippen LogP contribution in [0, 0.1) is 0 Å². The second kappa shape index (κ2) is 6.67. The Hall–Kier alpha value is -0.950. The molecule has 0 fully saturated rings. The fourth-order valence-electron chi connectivity index (χ4n) is 2.35. The van der Waals surface area contributed by atoms with E-state index in [-0.39, 0.29) is 5.91 Å². The molecule has 0 saturated heterocycles. The van der Waals surface area contributed by atoms with E-state index in [1.54, 1.807) is 0 Å². The van der Waals surface area contributed by atoms with Crippen LogP contribution in [0.1, 0.15) is 39.4 Å². The van der Waals surface area contributed by atoms with Crippen LogP contribution in [0.5, 0.6) is 0 Å². The second-order valence-corrected chi connectivity index (χ2v) is 6.47. The molecule has 5 nitrogen and oxygen atoms in total. The fraction of sp³-hybridized carbons (Fsp3) is 0.643. The molecule has 0 spiro atoms. The van der Waals surface area contributed by atoms with Gasteiger partial charge in [-0.05, 0) is 37.3 Å². The lowest BCUT2D eigenvalue weighted by Gasteiger charge is -2.28. The van der Waals surface area contributed by atoms with Gasteiger partial charge in [0.15, 0.2) is 0 Å². The number of thiophene rings is 1. The van der Waals surface area contributed by atoms with Crippen LogP contribution in [0.3, 0.4) is 0 Å². The molecule has 0 atom stereocenters. The largest absolute Gasteiger partial charge is 0.394 e. The van der Waals surface area contributed by atoms with Gasteiger partial charge in [0, 0.05) is 4.88 Å². The summed E-state index contributed by atoms with van der Waals surface area (Å²) >= 11 is 1.47. The van der Waals surface area contributed by atoms with E-state index in [2.05, 4.69) is 5.32 Å². The normalized spacial score (nSPS) is 15.6. The van der Waals surface area contributed by atoms with Crippen molar-refractivity contribution in [2.24, 2.45) is 0 Å². The van der Waals surface area contributed by atoms with Crippen molar-refractivity contribution in [1.29, 1.82) is 0 Å². The Labute approximate surface area is 122 Å². The van der Waals surface area contributed by atoms with Crippen LogP contribution in [0.15, 0.2) is 6.07 Å². The monoisotopic (exact) mass is 299 g/mol. The molecule has 1 heterocycles. The lowest BCUT2D eigenvalue weighted by molar-refractivity contribution is 0.0377. The quantitative estimate of drug-likeness (QED) is 0.595. The highest BCUT2D eigenvalue weighted by Gasteiger charge is 2.31. The number of fused-ring (bicyclic) bond motifs is 1. The summed E-state index contributed by atoms with van der Waals surface area (Å²) in [4.78, 5) is 14.0. The van der Waals surface area contributed by atoms with Crippen LogP contribution in [0.4, 0.5) is 0 Å². The summed E-state index contributed by atoms with van der Waals surface area (Å²) in [5.74, 6) is -0.347. The second-order valence-electron chi connectivity index (χ2n) is 5.33. The highest BCUT2D eigenvalue weighted by Crippen LogP contribution is 2.29. The molecule has 0 radical (unpaired) electrons. The molecule has 0 bridgehead atoms. The Morgan fingerprint density at radius 1 is 1.15 bits per heavy atom. The summed E-state index contributed by atoms with van der Waals surface area (Å²) in [5.41, 5.74) is -0.126. The molecular weight excluding hydrogens is 278 g/mol. The van der Waals surface area contributed by atoms with Gasteiger partial charge in [-0.1, -0.05) is 6.42 Å². The van der Waals surface area contributed by atoms with Crippen LogP contribution in [0.2, 0.25) is 0 Å². The van der Waals surface area contributed by atoms with Gasteiger partial charge in [0.1, 0.15) is 5.54 Å². The van der Waals surface area contributed by atoms with Gasteiger partial charge in [-0.25, -0.2) is 0 Å². The number of aliphatic hydroxyl groups is 3. The van der Waals surface area contributed by atoms with Crippen molar-refractivity contribution < 1.29 is 20.1 Å². The van der Waals surface area contributed by atoms with Crippen molar-refractivity contribution in [2.75, 3.05) is 19.8 Å². The summed E-state index contributed by atoms with van der Waals surface area (Å²) in [7, 11) is 0. The topological polar surface area (TPSA) is 89.8 Å². The zero-order chi connectivity index (χ0) is 14.6. The van der Waals surface area contributed by atoms with E-state index in [1.165, 1.54) is 28.2 Å². The lowest BCUT2D eigenvalue weighted by Crippen LogP contribution is -2.56. The highest BCUT2D eigenvalue weighted by molar-refractivity contribution is 7.14. The molecule has 0 unspecified atom stereocenters. The Morgan fingerprint density at radius 3 is 2.45 bits per heavy atom. The Balaban J connectivity index is 2.13. The standard InChI is InChI=1S/C14H21NO4S/c16-7-14(8-17,9-18)15-13(19)12-6-10-4-2-1-3-5-11(10)20-12/h6,16-18H,1-5,7-9H2,(H,15,19). The maximum absolute atomic E-state index is 12.2. The van der Waals surface area contributed by atoms with Gasteiger partial charge >= 0.3 is 0 Å². The Morgan fingerprint density at radius 2 is 1.80 bits per heavy atom. The summed E-state index contributed by atoms with van der Waals surface area (Å²) in [6.45, 7) is -1.51. The smallest absolute Gasteiger partial charge is 0.262 e. The van der Waals surface area contributed by atoms with Gasteiger partial charge in [0.2, 0.25) is 0 Å². The predicted octanol–water partition coefficient (Wildman–Crippen LogP) is 0.462. The Bertz CT molecular complexity index is 436. The first-order valence-electron chi connectivity index (χ1n) is 6.91. The third-order valence-corrected chi connectivity index (χ3v) is 4.99. The first kappa shape index (κ1) is 15.4. The number of hydrogen-bond donors (Lipinski definition) is 4. The summed E-state index contributed by atoms with van der Waals surface area (Å²) in [6, 6.07) is 1.90. The molecule has 1 aliphatic rings. The number of nitrogens with one attached hydrogen (secondary N) is 1. The minimum absolute atomic E-state index is 0.347. The molecule has 2 rings (SSSR count). The van der Waals surface area contributed by atoms with Gasteiger partial charge in [0.05, 0.1) is 24.7 Å². The minimum Gasteiger partial charge on any atom is -0.394 e. The molecule has 4 N–H and O–H groups in total. The van der Waals surface area contributed by atoms with E-state index in [0.717, 1.165) is 25.7 Å². The zero-order valence-corrected chi connectivity index (χ0v) is 12.2. The third kappa shape index (κ3) is 3.20. The predicted molar refractivity (Wildman–Crippen MR) is 77.0 cm³/mol. The van der Waals surface area contributed by atoms with E-state index in [9.17, 15) is 20.1 Å². The molecule has 1 aromatic rings. The molecule has 112 valence electrons. The van der Waals surface area contributed by atoms with Crippen molar-refractivity contribution in [1.82, 2.24) is 5.32 Å². The van der Waals surface area contributed by atoms with Crippen molar-refractivity contribution in [3.05, 3.63) is 21.4 Å². The highest BCUT2D eigenvalue weighted by atomic mass is 32.1. The molecule has 20 heavy (non-hydrogen) atoms. The SMILES string of the molecule is O=C(NC(CO)(CO)CO)c1cc2c(s1)CCCCC2. The van der Waals surface area contributed by atoms with Crippen LogP contribution >= 0.6 is 11.3 Å². The summed E-state index contributed by atoms with van der Waals surface area (Å²) in [5, 5.41) is 30.3. The summed E-state index contributed by atoms with van der Waals surface area (Å²) < 4.78 is 0. The van der Waals surface area contributed by atoms with Crippen molar-refractivity contribution >= 4 is 17.2 Å². The molecule has 1 aliphatic carbocycles. The molecule has 6 heteroatoms. The number of carbonyl (C=O) groups excluding carboxylic acids is 1. The third-order valence-electron chi connectivity index (χ3n) is 3.76. The average Bonchev–Trinajstić information content (AvgIpc) is 2.76. The molecule has 0 saturated carbocycles. The maximum Gasteiger partial charge on any atom is 0.262 e. The number of aliphatic hydroxyl groups excluding tert-OH is 3. The number of amides is 1. The average molecular weight is 299 g/mol. The van der Waals surface area contributed by atoms with E-state index < -0.39 is 25.4 Å². The molecule has 1 amide bonds. The van der Waals surface area contributed by atoms with Crippen molar-refractivity contribution in [3.8, 4) is 0 Å². The van der Waals surface area contributed by atoms with E-state index in [1.807, 2.05) is 6.07 Å². The van der Waals surface area contributed by atoms with Crippen molar-refractivity contribution in [3.63, 3.8) is 0 Å². The Kier molecular flexibility index (Phi) is 5.15. The van der Waals surface area contributed by atoms with Crippen LogP contribution in [-0.4, -0.2) is 46.6 Å². The van der Waals surface area contributed by atoms with Crippen LogP contribution in [-0.2, 0) is 12.8 Å². The number of rotatable bonds is 5. The van der Waals surface area contributed by atoms with Gasteiger partial charge < -0.3 is 20.6 Å². The van der Waals surface area contributed by atoms with E-state index in [4.69, 9.17) is 0 Å². The van der Waals surface area contributed by atoms with Gasteiger partial charge in [0.25, 0.3) is 5.91 Å². The lowest BCUT2D eigenvalue weighted by atomic mass is 10.0. The minimum atomic E-state index is -1.36. The number of aryl methyl sites for hydroxylation is 2. The number of hydrogen-bond acceptors (Lipinski definition) is 5. The molecule has 1 aromatic heterocycles. The maximum atomic E-state index is 12.2. The van der Waals surface area contributed by atoms with Crippen molar-refractivity contribution in [2.45, 2.75) is 37.6 Å². The molecule has 0 aromatic carbocycles. The van der Waals surface area contributed by atoms with E-state index in [0.29, 0.717) is 4.88 Å². The van der Waals surface area contributed by atoms with Crippen LogP contribution < -0.4 is 5.32 Å². The van der Waals surface area contributed by atoms with Gasteiger partial charge in [-0.2, -0.15) is 0 Å². The zero-order valence-electron chi connectivity index (χ0n) is 11.4. The van der Waals surface area contributed by atoms with Crippen LogP contribution in [0.25, 0.3) is 0 Å². The first-order valence-corrected chi connectivity index (χ1v) is 7.72. The molecular formula is C14H21NO4S. The fourth-order valence-corrected chi connectivity index (χ4v) is 3.50. The van der Waals surface area contributed by atoms with Gasteiger partial charge in [-0.3, -0.25) is 4.79 Å². The van der Waals surface area contributed by atoms with Gasteiger partial charge in [-0.15, -0.1) is 11.3 Å². The first-order chi connectivity index (χ1) is 9.64. The summed E-state index contributed by atoms with van der Waals surface area (Å²) in [6.07, 6.45) is 5.55.